The quantitative estimate of drug-likeness (QED) is 0.907. The van der Waals surface area contributed by atoms with Crippen molar-refractivity contribution in [3.63, 3.8) is 0 Å². The lowest BCUT2D eigenvalue weighted by atomic mass is 10.1. The minimum Gasteiger partial charge on any atom is -0.332 e. The van der Waals surface area contributed by atoms with Crippen LogP contribution in [0.25, 0.3) is 0 Å². The molecule has 114 valence electrons. The normalized spacial score (nSPS) is 10.1. The third kappa shape index (κ3) is 3.95. The predicted molar refractivity (Wildman–Crippen MR) is 90.9 cm³/mol. The zero-order valence-electron chi connectivity index (χ0n) is 12.5. The second-order valence-corrected chi connectivity index (χ2v) is 5.86. The first-order chi connectivity index (χ1) is 10.5. The Kier molecular flexibility index (Phi) is 5.33. The molecule has 2 aromatic carbocycles. The van der Waals surface area contributed by atoms with Gasteiger partial charge in [0.2, 0.25) is 5.91 Å². The monoisotopic (exact) mass is 360 g/mol. The van der Waals surface area contributed by atoms with Gasteiger partial charge in [0, 0.05) is 17.1 Å². The average molecular weight is 361 g/mol. The molecule has 22 heavy (non-hydrogen) atoms. The van der Waals surface area contributed by atoms with E-state index in [-0.39, 0.29) is 18.4 Å². The maximum Gasteiger partial charge on any atom is 0.254 e. The number of halogens is 1. The van der Waals surface area contributed by atoms with Gasteiger partial charge in [-0.25, -0.2) is 0 Å². The highest BCUT2D eigenvalue weighted by Crippen LogP contribution is 2.21. The first kappa shape index (κ1) is 16.2. The van der Waals surface area contributed by atoms with Gasteiger partial charge in [-0.15, -0.1) is 0 Å². The van der Waals surface area contributed by atoms with Gasteiger partial charge in [-0.05, 0) is 46.6 Å². The summed E-state index contributed by atoms with van der Waals surface area (Å²) >= 11 is 3.37. The van der Waals surface area contributed by atoms with Crippen molar-refractivity contribution in [1.82, 2.24) is 4.90 Å². The lowest BCUT2D eigenvalue weighted by Gasteiger charge is -2.18. The summed E-state index contributed by atoms with van der Waals surface area (Å²) in [5.41, 5.74) is 2.19. The fourth-order valence-electron chi connectivity index (χ4n) is 2.06. The molecule has 0 fully saturated rings. The van der Waals surface area contributed by atoms with Gasteiger partial charge in [-0.2, -0.15) is 0 Å². The molecule has 0 spiro atoms. The second kappa shape index (κ2) is 7.22. The van der Waals surface area contributed by atoms with E-state index < -0.39 is 0 Å². The third-order valence-corrected chi connectivity index (χ3v) is 3.94. The molecule has 0 aliphatic rings. The summed E-state index contributed by atoms with van der Waals surface area (Å²) in [5, 5.41) is 2.78. The highest BCUT2D eigenvalue weighted by molar-refractivity contribution is 9.10. The van der Waals surface area contributed by atoms with Gasteiger partial charge in [0.25, 0.3) is 5.91 Å². The number of nitrogens with one attached hydrogen (secondary N) is 1. The third-order valence-electron chi connectivity index (χ3n) is 3.25. The van der Waals surface area contributed by atoms with Crippen LogP contribution in [-0.2, 0) is 4.79 Å². The number of likely N-dealkylation sites (N-methyl/N-ethyl adjacent to an activating group) is 1. The Balaban J connectivity index is 2.01. The summed E-state index contributed by atoms with van der Waals surface area (Å²) in [4.78, 5) is 25.8. The number of rotatable bonds is 4. The van der Waals surface area contributed by atoms with Gasteiger partial charge >= 0.3 is 0 Å². The first-order valence-electron chi connectivity index (χ1n) is 6.84. The van der Waals surface area contributed by atoms with Crippen molar-refractivity contribution in [1.29, 1.82) is 0 Å². The van der Waals surface area contributed by atoms with Crippen LogP contribution >= 0.6 is 15.9 Å². The van der Waals surface area contributed by atoms with Crippen molar-refractivity contribution in [2.24, 2.45) is 0 Å². The molecule has 2 amide bonds. The molecule has 2 rings (SSSR count). The molecular formula is C17H17BrN2O2. The fraction of sp³-hybridized carbons (Fsp3) is 0.176. The lowest BCUT2D eigenvalue weighted by Crippen LogP contribution is -2.35. The molecule has 0 aliphatic carbocycles. The molecule has 4 nitrogen and oxygen atoms in total. The summed E-state index contributed by atoms with van der Waals surface area (Å²) in [6.45, 7) is 1.87. The summed E-state index contributed by atoms with van der Waals surface area (Å²) in [5.74, 6) is -0.406. The number of benzene rings is 2. The number of aryl methyl sites for hydroxylation is 1. The van der Waals surface area contributed by atoms with Gasteiger partial charge in [0.15, 0.2) is 0 Å². The molecule has 5 heteroatoms. The zero-order chi connectivity index (χ0) is 16.1. The lowest BCUT2D eigenvalue weighted by molar-refractivity contribution is -0.116. The molecule has 0 saturated carbocycles. The van der Waals surface area contributed by atoms with Crippen molar-refractivity contribution >= 4 is 33.4 Å². The Morgan fingerprint density at radius 3 is 2.41 bits per heavy atom. The van der Waals surface area contributed by atoms with Gasteiger partial charge in [0.05, 0.1) is 12.2 Å². The molecule has 0 atom stereocenters. The van der Waals surface area contributed by atoms with Crippen molar-refractivity contribution in [2.75, 3.05) is 18.9 Å². The van der Waals surface area contributed by atoms with E-state index in [1.807, 2.05) is 43.3 Å². The molecule has 2 aromatic rings. The van der Waals surface area contributed by atoms with Crippen molar-refractivity contribution in [3.8, 4) is 0 Å². The van der Waals surface area contributed by atoms with E-state index in [9.17, 15) is 9.59 Å². The number of carbonyl (C=O) groups excluding carboxylic acids is 2. The fourth-order valence-corrected chi connectivity index (χ4v) is 2.44. The topological polar surface area (TPSA) is 49.4 Å². The Hall–Kier alpha value is -2.14. The van der Waals surface area contributed by atoms with E-state index in [2.05, 4.69) is 21.2 Å². The van der Waals surface area contributed by atoms with E-state index in [1.165, 1.54) is 4.90 Å². The number of para-hydroxylation sites is 1. The van der Waals surface area contributed by atoms with E-state index in [0.29, 0.717) is 11.3 Å². The Morgan fingerprint density at radius 2 is 1.73 bits per heavy atom. The minimum atomic E-state index is -0.240. The highest BCUT2D eigenvalue weighted by atomic mass is 79.9. The average Bonchev–Trinajstić information content (AvgIpc) is 2.49. The number of carbonyl (C=O) groups is 2. The molecule has 0 saturated heterocycles. The number of hydrogen-bond acceptors (Lipinski definition) is 2. The van der Waals surface area contributed by atoms with Crippen LogP contribution in [0.5, 0.6) is 0 Å². The number of amides is 2. The number of hydrogen-bond donors (Lipinski definition) is 1. The van der Waals surface area contributed by atoms with Crippen LogP contribution in [0.15, 0.2) is 53.0 Å². The van der Waals surface area contributed by atoms with Crippen LogP contribution in [0.3, 0.4) is 0 Å². The highest BCUT2D eigenvalue weighted by Gasteiger charge is 2.16. The van der Waals surface area contributed by atoms with E-state index in [1.54, 1.807) is 19.2 Å². The molecule has 0 aliphatic heterocycles. The van der Waals surface area contributed by atoms with Crippen LogP contribution in [-0.4, -0.2) is 30.3 Å². The molecular weight excluding hydrogens is 344 g/mol. The maximum atomic E-state index is 12.4. The minimum absolute atomic E-state index is 0.00545. The van der Waals surface area contributed by atoms with Crippen LogP contribution in [0.4, 0.5) is 5.69 Å². The van der Waals surface area contributed by atoms with Crippen LogP contribution in [0.1, 0.15) is 15.9 Å². The van der Waals surface area contributed by atoms with Crippen LogP contribution in [0.2, 0.25) is 0 Å². The molecule has 0 bridgehead atoms. The van der Waals surface area contributed by atoms with Gasteiger partial charge < -0.3 is 10.2 Å². The molecule has 0 radical (unpaired) electrons. The van der Waals surface area contributed by atoms with E-state index in [0.717, 1.165) is 10.0 Å². The second-order valence-electron chi connectivity index (χ2n) is 5.00. The van der Waals surface area contributed by atoms with Crippen molar-refractivity contribution in [3.05, 3.63) is 64.1 Å². The van der Waals surface area contributed by atoms with Crippen LogP contribution in [0, 0.1) is 6.92 Å². The van der Waals surface area contributed by atoms with Gasteiger partial charge in [-0.1, -0.05) is 30.3 Å². The van der Waals surface area contributed by atoms with E-state index in [4.69, 9.17) is 0 Å². The van der Waals surface area contributed by atoms with Crippen molar-refractivity contribution in [2.45, 2.75) is 6.92 Å². The molecule has 0 unspecified atom stereocenters. The van der Waals surface area contributed by atoms with E-state index >= 15 is 0 Å². The summed E-state index contributed by atoms with van der Waals surface area (Å²) in [6.07, 6.45) is 0. The van der Waals surface area contributed by atoms with Gasteiger partial charge in [-0.3, -0.25) is 9.59 Å². The van der Waals surface area contributed by atoms with Gasteiger partial charge in [0.1, 0.15) is 0 Å². The maximum absolute atomic E-state index is 12.4. The number of nitrogens with zero attached hydrogens (tertiary/aromatic N) is 1. The molecule has 0 aromatic heterocycles. The SMILES string of the molecule is Cc1ccccc1C(=O)N(C)CC(=O)Nc1ccccc1Br. The largest absolute Gasteiger partial charge is 0.332 e. The summed E-state index contributed by atoms with van der Waals surface area (Å²) in [6, 6.07) is 14.7. The smallest absolute Gasteiger partial charge is 0.254 e. The Labute approximate surface area is 138 Å². The summed E-state index contributed by atoms with van der Waals surface area (Å²) < 4.78 is 0.802. The van der Waals surface area contributed by atoms with Crippen LogP contribution < -0.4 is 5.32 Å². The standard InChI is InChI=1S/C17H17BrN2O2/c1-12-7-3-4-8-13(12)17(22)20(2)11-16(21)19-15-10-6-5-9-14(15)18/h3-10H,11H2,1-2H3,(H,19,21). The predicted octanol–water partition coefficient (Wildman–Crippen LogP) is 3.47. The Morgan fingerprint density at radius 1 is 1.09 bits per heavy atom. The first-order valence-corrected chi connectivity index (χ1v) is 7.64. The number of anilines is 1. The molecule has 0 heterocycles. The zero-order valence-corrected chi connectivity index (χ0v) is 14.1. The van der Waals surface area contributed by atoms with Crippen molar-refractivity contribution < 1.29 is 9.59 Å². The Bertz CT molecular complexity index is 701. The molecule has 1 N–H and O–H groups in total. The summed E-state index contributed by atoms with van der Waals surface area (Å²) in [7, 11) is 1.62.